The molecular formula is C18H28ClN3O2. The van der Waals surface area contributed by atoms with Crippen molar-refractivity contribution in [2.24, 2.45) is 11.1 Å². The second kappa shape index (κ2) is 7.53. The summed E-state index contributed by atoms with van der Waals surface area (Å²) in [5, 5.41) is 2.98. The third kappa shape index (κ3) is 3.90. The van der Waals surface area contributed by atoms with Crippen LogP contribution in [0.25, 0.3) is 11.1 Å². The number of hydrogen-bond donors (Lipinski definition) is 2. The second-order valence-corrected chi connectivity index (χ2v) is 7.10. The Kier molecular flexibility index (Phi) is 6.42. The SMILES string of the molecule is CCC(CC)(CN)C(=O)Nc1ccc2oc(C(C)(C)C)nc2c1.Cl. The number of nitrogens with zero attached hydrogens (tertiary/aromatic N) is 1. The summed E-state index contributed by atoms with van der Waals surface area (Å²) in [6.45, 7) is 10.5. The zero-order valence-corrected chi connectivity index (χ0v) is 15.9. The summed E-state index contributed by atoms with van der Waals surface area (Å²) >= 11 is 0. The summed E-state index contributed by atoms with van der Waals surface area (Å²) in [4.78, 5) is 17.1. The van der Waals surface area contributed by atoms with E-state index in [4.69, 9.17) is 10.2 Å². The van der Waals surface area contributed by atoms with Crippen molar-refractivity contribution in [2.75, 3.05) is 11.9 Å². The summed E-state index contributed by atoms with van der Waals surface area (Å²) in [7, 11) is 0. The first-order valence-electron chi connectivity index (χ1n) is 8.18. The van der Waals surface area contributed by atoms with Crippen LogP contribution in [0.15, 0.2) is 22.6 Å². The van der Waals surface area contributed by atoms with E-state index >= 15 is 0 Å². The van der Waals surface area contributed by atoms with E-state index in [-0.39, 0.29) is 23.7 Å². The first-order valence-corrected chi connectivity index (χ1v) is 8.18. The number of fused-ring (bicyclic) bond motifs is 1. The normalized spacial score (nSPS) is 12.1. The van der Waals surface area contributed by atoms with Crippen molar-refractivity contribution >= 4 is 35.1 Å². The molecule has 6 heteroatoms. The first-order chi connectivity index (χ1) is 10.8. The monoisotopic (exact) mass is 353 g/mol. The van der Waals surface area contributed by atoms with E-state index in [0.29, 0.717) is 25.3 Å². The van der Waals surface area contributed by atoms with Gasteiger partial charge in [-0.05, 0) is 31.0 Å². The number of oxazole rings is 1. The van der Waals surface area contributed by atoms with Crippen molar-refractivity contribution < 1.29 is 9.21 Å². The molecule has 0 saturated heterocycles. The van der Waals surface area contributed by atoms with Crippen LogP contribution in [0.3, 0.4) is 0 Å². The Balaban J connectivity index is 0.00000288. The van der Waals surface area contributed by atoms with Gasteiger partial charge in [0.25, 0.3) is 0 Å². The zero-order chi connectivity index (χ0) is 17.3. The van der Waals surface area contributed by atoms with Gasteiger partial charge in [-0.2, -0.15) is 0 Å². The van der Waals surface area contributed by atoms with Crippen molar-refractivity contribution in [1.82, 2.24) is 4.98 Å². The van der Waals surface area contributed by atoms with E-state index in [9.17, 15) is 4.79 Å². The molecule has 1 amide bonds. The lowest BCUT2D eigenvalue weighted by Gasteiger charge is -2.28. The van der Waals surface area contributed by atoms with E-state index < -0.39 is 5.41 Å². The van der Waals surface area contributed by atoms with Gasteiger partial charge in [-0.25, -0.2) is 4.98 Å². The molecular weight excluding hydrogens is 326 g/mol. The quantitative estimate of drug-likeness (QED) is 0.841. The number of aromatic nitrogens is 1. The van der Waals surface area contributed by atoms with E-state index in [0.717, 1.165) is 16.8 Å². The molecule has 0 bridgehead atoms. The lowest BCUT2D eigenvalue weighted by atomic mass is 9.81. The smallest absolute Gasteiger partial charge is 0.231 e. The highest BCUT2D eigenvalue weighted by Gasteiger charge is 2.33. The molecule has 24 heavy (non-hydrogen) atoms. The van der Waals surface area contributed by atoms with Crippen molar-refractivity contribution in [3.05, 3.63) is 24.1 Å². The molecule has 0 atom stereocenters. The van der Waals surface area contributed by atoms with Gasteiger partial charge in [0.1, 0.15) is 5.52 Å². The fraction of sp³-hybridized carbons (Fsp3) is 0.556. The highest BCUT2D eigenvalue weighted by Crippen LogP contribution is 2.29. The van der Waals surface area contributed by atoms with E-state index in [1.54, 1.807) is 0 Å². The van der Waals surface area contributed by atoms with Gasteiger partial charge in [0, 0.05) is 17.6 Å². The van der Waals surface area contributed by atoms with Crippen LogP contribution in [0, 0.1) is 5.41 Å². The minimum atomic E-state index is -0.519. The standard InChI is InChI=1S/C18H27N3O2.ClH/c1-6-18(7-2,11-19)15(22)20-12-8-9-14-13(10-12)21-16(23-14)17(3,4)5;/h8-10H,6-7,11,19H2,1-5H3,(H,20,22);1H. The average Bonchev–Trinajstić information content (AvgIpc) is 2.93. The Hall–Kier alpha value is -1.59. The van der Waals surface area contributed by atoms with Gasteiger partial charge in [-0.1, -0.05) is 34.6 Å². The van der Waals surface area contributed by atoms with Crippen LogP contribution < -0.4 is 11.1 Å². The predicted molar refractivity (Wildman–Crippen MR) is 101 cm³/mol. The molecule has 0 aliphatic heterocycles. The molecule has 0 saturated carbocycles. The molecule has 1 heterocycles. The van der Waals surface area contributed by atoms with Crippen molar-refractivity contribution in [3.63, 3.8) is 0 Å². The third-order valence-electron chi connectivity index (χ3n) is 4.51. The second-order valence-electron chi connectivity index (χ2n) is 7.10. The lowest BCUT2D eigenvalue weighted by molar-refractivity contribution is -0.125. The predicted octanol–water partition coefficient (Wildman–Crippen LogP) is 4.25. The Morgan fingerprint density at radius 1 is 1.25 bits per heavy atom. The number of carbonyl (C=O) groups excluding carboxylic acids is 1. The van der Waals surface area contributed by atoms with Crippen LogP contribution >= 0.6 is 12.4 Å². The van der Waals surface area contributed by atoms with E-state index in [1.165, 1.54) is 0 Å². The number of amides is 1. The molecule has 2 rings (SSSR count). The van der Waals surface area contributed by atoms with Gasteiger partial charge in [0.05, 0.1) is 5.41 Å². The van der Waals surface area contributed by atoms with Crippen molar-refractivity contribution in [2.45, 2.75) is 52.9 Å². The summed E-state index contributed by atoms with van der Waals surface area (Å²) in [5.41, 5.74) is 7.36. The van der Waals surface area contributed by atoms with E-state index in [2.05, 4.69) is 31.1 Å². The maximum Gasteiger partial charge on any atom is 0.231 e. The Labute approximate surface area is 149 Å². The maximum absolute atomic E-state index is 12.6. The van der Waals surface area contributed by atoms with Crippen LogP contribution in [0.2, 0.25) is 0 Å². The lowest BCUT2D eigenvalue weighted by Crippen LogP contribution is -2.41. The van der Waals surface area contributed by atoms with Crippen LogP contribution in [0.4, 0.5) is 5.69 Å². The molecule has 1 aromatic carbocycles. The van der Waals surface area contributed by atoms with Gasteiger partial charge in [0.15, 0.2) is 5.58 Å². The molecule has 0 aliphatic carbocycles. The van der Waals surface area contributed by atoms with Gasteiger partial charge in [-0.3, -0.25) is 4.79 Å². The summed E-state index contributed by atoms with van der Waals surface area (Å²) in [6.07, 6.45) is 1.43. The van der Waals surface area contributed by atoms with Gasteiger partial charge in [0.2, 0.25) is 11.8 Å². The number of rotatable bonds is 5. The molecule has 134 valence electrons. The Bertz CT molecular complexity index is 692. The zero-order valence-electron chi connectivity index (χ0n) is 15.1. The molecule has 0 fully saturated rings. The minimum Gasteiger partial charge on any atom is -0.440 e. The number of carbonyl (C=O) groups is 1. The molecule has 2 aromatic rings. The summed E-state index contributed by atoms with van der Waals surface area (Å²) < 4.78 is 5.78. The highest BCUT2D eigenvalue weighted by molar-refractivity contribution is 5.96. The van der Waals surface area contributed by atoms with Crippen molar-refractivity contribution in [3.8, 4) is 0 Å². The summed E-state index contributed by atoms with van der Waals surface area (Å²) in [5.74, 6) is 0.651. The third-order valence-corrected chi connectivity index (χ3v) is 4.51. The highest BCUT2D eigenvalue weighted by atomic mass is 35.5. The first kappa shape index (κ1) is 20.5. The number of halogens is 1. The number of nitrogens with one attached hydrogen (secondary N) is 1. The molecule has 1 aromatic heterocycles. The Morgan fingerprint density at radius 3 is 2.38 bits per heavy atom. The van der Waals surface area contributed by atoms with Crippen LogP contribution in [-0.2, 0) is 10.2 Å². The molecule has 5 nitrogen and oxygen atoms in total. The molecule has 0 unspecified atom stereocenters. The molecule has 0 spiro atoms. The Morgan fingerprint density at radius 2 is 1.88 bits per heavy atom. The number of anilines is 1. The maximum atomic E-state index is 12.6. The number of hydrogen-bond acceptors (Lipinski definition) is 4. The average molecular weight is 354 g/mol. The molecule has 3 N–H and O–H groups in total. The van der Waals surface area contributed by atoms with E-state index in [1.807, 2.05) is 32.0 Å². The van der Waals surface area contributed by atoms with Gasteiger partial charge < -0.3 is 15.5 Å². The molecule has 0 aliphatic rings. The molecule has 0 radical (unpaired) electrons. The van der Waals surface area contributed by atoms with Gasteiger partial charge in [-0.15, -0.1) is 12.4 Å². The fourth-order valence-electron chi connectivity index (χ4n) is 2.54. The van der Waals surface area contributed by atoms with Crippen LogP contribution in [0.1, 0.15) is 53.4 Å². The largest absolute Gasteiger partial charge is 0.440 e. The van der Waals surface area contributed by atoms with Gasteiger partial charge >= 0.3 is 0 Å². The number of nitrogens with two attached hydrogens (primary N) is 1. The summed E-state index contributed by atoms with van der Waals surface area (Å²) in [6, 6.07) is 5.53. The van der Waals surface area contributed by atoms with Crippen LogP contribution in [-0.4, -0.2) is 17.4 Å². The van der Waals surface area contributed by atoms with Crippen LogP contribution in [0.5, 0.6) is 0 Å². The topological polar surface area (TPSA) is 81.2 Å². The fourth-order valence-corrected chi connectivity index (χ4v) is 2.54. The van der Waals surface area contributed by atoms with Crippen molar-refractivity contribution in [1.29, 1.82) is 0 Å². The minimum absolute atomic E-state index is 0. The number of benzene rings is 1.